The highest BCUT2D eigenvalue weighted by Crippen LogP contribution is 2.10. The predicted molar refractivity (Wildman–Crippen MR) is 60.3 cm³/mol. The molecule has 1 rings (SSSR count). The van der Waals surface area contributed by atoms with Crippen LogP contribution in [0, 0.1) is 11.3 Å². The molecular formula is C12H15N3O. The zero-order valence-corrected chi connectivity index (χ0v) is 9.31. The molecule has 1 unspecified atom stereocenters. The fourth-order valence-electron chi connectivity index (χ4n) is 1.32. The molecule has 1 aromatic heterocycles. The molecule has 0 aromatic carbocycles. The average Bonchev–Trinajstić information content (AvgIpc) is 2.34. The first kappa shape index (κ1) is 12.2. The minimum Gasteiger partial charge on any atom is -0.337 e. The van der Waals surface area contributed by atoms with Gasteiger partial charge < -0.3 is 5.32 Å². The zero-order chi connectivity index (χ0) is 11.8. The third-order valence-corrected chi connectivity index (χ3v) is 2.23. The van der Waals surface area contributed by atoms with Crippen molar-refractivity contribution in [2.45, 2.75) is 32.2 Å². The number of carbonyl (C=O) groups excluding carboxylic acids is 1. The molecule has 4 nitrogen and oxygen atoms in total. The molecule has 4 heteroatoms. The van der Waals surface area contributed by atoms with Crippen LogP contribution in [0.4, 0.5) is 0 Å². The molecule has 16 heavy (non-hydrogen) atoms. The Morgan fingerprint density at radius 3 is 2.81 bits per heavy atom. The van der Waals surface area contributed by atoms with Crippen molar-refractivity contribution in [1.29, 1.82) is 5.26 Å². The predicted octanol–water partition coefficient (Wildman–Crippen LogP) is 1.95. The molecule has 1 amide bonds. The van der Waals surface area contributed by atoms with Gasteiger partial charge in [0.25, 0.3) is 0 Å². The zero-order valence-electron chi connectivity index (χ0n) is 9.31. The average molecular weight is 217 g/mol. The van der Waals surface area contributed by atoms with Crippen LogP contribution in [0.25, 0.3) is 0 Å². The van der Waals surface area contributed by atoms with Crippen molar-refractivity contribution in [2.24, 2.45) is 0 Å². The Morgan fingerprint density at radius 1 is 1.56 bits per heavy atom. The summed E-state index contributed by atoms with van der Waals surface area (Å²) in [5.41, 5.74) is 0.766. The number of pyridine rings is 1. The Bertz CT molecular complexity index is 370. The van der Waals surface area contributed by atoms with E-state index in [0.29, 0.717) is 6.42 Å². The fourth-order valence-corrected chi connectivity index (χ4v) is 1.32. The molecule has 0 fully saturated rings. The highest BCUT2D eigenvalue weighted by Gasteiger charge is 2.12. The second-order valence-electron chi connectivity index (χ2n) is 3.51. The summed E-state index contributed by atoms with van der Waals surface area (Å²) in [5.74, 6) is -0.0785. The lowest BCUT2D eigenvalue weighted by atomic mass is 10.1. The van der Waals surface area contributed by atoms with E-state index in [2.05, 4.69) is 16.4 Å². The lowest BCUT2D eigenvalue weighted by Crippen LogP contribution is -2.27. The summed E-state index contributed by atoms with van der Waals surface area (Å²) in [7, 11) is 0. The van der Waals surface area contributed by atoms with Crippen LogP contribution in [0.15, 0.2) is 24.5 Å². The Kier molecular flexibility index (Phi) is 5.00. The van der Waals surface area contributed by atoms with E-state index in [4.69, 9.17) is 5.26 Å². The number of hydrogen-bond acceptors (Lipinski definition) is 3. The van der Waals surface area contributed by atoms with Crippen LogP contribution >= 0.6 is 0 Å². The van der Waals surface area contributed by atoms with E-state index in [-0.39, 0.29) is 5.91 Å². The molecule has 1 atom stereocenters. The summed E-state index contributed by atoms with van der Waals surface area (Å²) >= 11 is 0. The Balaban J connectivity index is 2.57. The van der Waals surface area contributed by atoms with Gasteiger partial charge in [-0.3, -0.25) is 9.78 Å². The van der Waals surface area contributed by atoms with Crippen molar-refractivity contribution in [3.05, 3.63) is 30.1 Å². The number of nitrogens with zero attached hydrogens (tertiary/aromatic N) is 2. The van der Waals surface area contributed by atoms with Gasteiger partial charge in [-0.05, 0) is 24.1 Å². The third-order valence-electron chi connectivity index (χ3n) is 2.23. The summed E-state index contributed by atoms with van der Waals surface area (Å²) in [6.45, 7) is 2.03. The van der Waals surface area contributed by atoms with Crippen LogP contribution in [0.1, 0.15) is 37.8 Å². The minimum atomic E-state index is -0.577. The standard InChI is InChI=1S/C12H15N3O/c1-2-3-4-12(16)15-11(9-13)10-5-7-14-8-6-10/h5-8,11H,2-4H2,1H3,(H,15,16). The van der Waals surface area contributed by atoms with Crippen molar-refractivity contribution in [1.82, 2.24) is 10.3 Å². The van der Waals surface area contributed by atoms with Gasteiger partial charge in [0.05, 0.1) is 6.07 Å². The second kappa shape index (κ2) is 6.57. The number of aromatic nitrogens is 1. The van der Waals surface area contributed by atoms with Gasteiger partial charge in [0.2, 0.25) is 5.91 Å². The smallest absolute Gasteiger partial charge is 0.221 e. The van der Waals surface area contributed by atoms with Crippen molar-refractivity contribution < 1.29 is 4.79 Å². The van der Waals surface area contributed by atoms with E-state index in [1.165, 1.54) is 0 Å². The Morgan fingerprint density at radius 2 is 2.25 bits per heavy atom. The largest absolute Gasteiger partial charge is 0.337 e. The van der Waals surface area contributed by atoms with E-state index in [0.717, 1.165) is 18.4 Å². The number of nitrogens with one attached hydrogen (secondary N) is 1. The summed E-state index contributed by atoms with van der Waals surface area (Å²) in [5, 5.41) is 11.7. The molecule has 0 spiro atoms. The summed E-state index contributed by atoms with van der Waals surface area (Å²) in [4.78, 5) is 15.3. The van der Waals surface area contributed by atoms with Gasteiger partial charge in [0.1, 0.15) is 6.04 Å². The lowest BCUT2D eigenvalue weighted by Gasteiger charge is -2.11. The monoisotopic (exact) mass is 217 g/mol. The van der Waals surface area contributed by atoms with Gasteiger partial charge in [-0.25, -0.2) is 0 Å². The van der Waals surface area contributed by atoms with E-state index in [9.17, 15) is 4.79 Å². The van der Waals surface area contributed by atoms with Gasteiger partial charge >= 0.3 is 0 Å². The summed E-state index contributed by atoms with van der Waals surface area (Å²) < 4.78 is 0. The maximum absolute atomic E-state index is 11.5. The topological polar surface area (TPSA) is 65.8 Å². The number of hydrogen-bond donors (Lipinski definition) is 1. The minimum absolute atomic E-state index is 0.0785. The quantitative estimate of drug-likeness (QED) is 0.819. The van der Waals surface area contributed by atoms with Gasteiger partial charge in [-0.15, -0.1) is 0 Å². The molecule has 0 saturated carbocycles. The Hall–Kier alpha value is -1.89. The van der Waals surface area contributed by atoms with Gasteiger partial charge in [0.15, 0.2) is 0 Å². The Labute approximate surface area is 95.3 Å². The van der Waals surface area contributed by atoms with E-state index >= 15 is 0 Å². The first-order chi connectivity index (χ1) is 7.77. The molecule has 1 heterocycles. The second-order valence-corrected chi connectivity index (χ2v) is 3.51. The first-order valence-electron chi connectivity index (χ1n) is 5.36. The van der Waals surface area contributed by atoms with E-state index in [1.807, 2.05) is 6.92 Å². The third kappa shape index (κ3) is 3.70. The first-order valence-corrected chi connectivity index (χ1v) is 5.36. The lowest BCUT2D eigenvalue weighted by molar-refractivity contribution is -0.121. The summed E-state index contributed by atoms with van der Waals surface area (Å²) in [6, 6.07) is 4.95. The fraction of sp³-hybridized carbons (Fsp3) is 0.417. The number of carbonyl (C=O) groups is 1. The molecule has 0 saturated heterocycles. The maximum atomic E-state index is 11.5. The number of unbranched alkanes of at least 4 members (excludes halogenated alkanes) is 1. The van der Waals surface area contributed by atoms with Crippen molar-refractivity contribution in [2.75, 3.05) is 0 Å². The van der Waals surface area contributed by atoms with Crippen molar-refractivity contribution in [3.8, 4) is 6.07 Å². The molecule has 84 valence electrons. The van der Waals surface area contributed by atoms with Crippen LogP contribution in [-0.4, -0.2) is 10.9 Å². The normalized spacial score (nSPS) is 11.5. The van der Waals surface area contributed by atoms with Gasteiger partial charge in [-0.1, -0.05) is 13.3 Å². The maximum Gasteiger partial charge on any atom is 0.221 e. The highest BCUT2D eigenvalue weighted by atomic mass is 16.1. The van der Waals surface area contributed by atoms with Crippen LogP contribution in [0.2, 0.25) is 0 Å². The SMILES string of the molecule is CCCCC(=O)NC(C#N)c1ccncc1. The van der Waals surface area contributed by atoms with E-state index < -0.39 is 6.04 Å². The van der Waals surface area contributed by atoms with Crippen LogP contribution in [-0.2, 0) is 4.79 Å². The van der Waals surface area contributed by atoms with Crippen molar-refractivity contribution in [3.63, 3.8) is 0 Å². The molecule has 0 aliphatic carbocycles. The van der Waals surface area contributed by atoms with Gasteiger partial charge in [-0.2, -0.15) is 5.26 Å². The summed E-state index contributed by atoms with van der Waals surface area (Å²) in [6.07, 6.45) is 5.51. The molecule has 1 aromatic rings. The molecule has 0 aliphatic heterocycles. The van der Waals surface area contributed by atoms with Gasteiger partial charge in [0, 0.05) is 18.8 Å². The number of amides is 1. The van der Waals surface area contributed by atoms with Crippen molar-refractivity contribution >= 4 is 5.91 Å². The molecule has 0 bridgehead atoms. The molecule has 0 aliphatic rings. The molecular weight excluding hydrogens is 202 g/mol. The number of nitriles is 1. The molecule has 1 N–H and O–H groups in total. The highest BCUT2D eigenvalue weighted by molar-refractivity contribution is 5.76. The molecule has 0 radical (unpaired) electrons. The van der Waals surface area contributed by atoms with Crippen LogP contribution in [0.5, 0.6) is 0 Å². The number of rotatable bonds is 5. The van der Waals surface area contributed by atoms with Crippen LogP contribution < -0.4 is 5.32 Å². The van der Waals surface area contributed by atoms with E-state index in [1.54, 1.807) is 24.5 Å². The van der Waals surface area contributed by atoms with Crippen LogP contribution in [0.3, 0.4) is 0 Å².